The third-order valence-corrected chi connectivity index (χ3v) is 4.48. The van der Waals surface area contributed by atoms with E-state index in [2.05, 4.69) is 6.92 Å². The minimum Gasteiger partial charge on any atom is -0.359 e. The van der Waals surface area contributed by atoms with Gasteiger partial charge in [0.15, 0.2) is 0 Å². The van der Waals surface area contributed by atoms with Crippen molar-refractivity contribution < 1.29 is 23.7 Å². The smallest absolute Gasteiger partial charge is 0.146 e. The first-order valence-corrected chi connectivity index (χ1v) is 8.32. The van der Waals surface area contributed by atoms with E-state index in [9.17, 15) is 4.79 Å². The zero-order valence-corrected chi connectivity index (χ0v) is 14.3. The molecule has 0 radical (unpaired) electrons. The molecule has 1 saturated carbocycles. The van der Waals surface area contributed by atoms with Gasteiger partial charge < -0.3 is 23.7 Å². The van der Waals surface area contributed by atoms with Gasteiger partial charge in [-0.2, -0.15) is 0 Å². The van der Waals surface area contributed by atoms with Gasteiger partial charge in [-0.1, -0.05) is 6.92 Å². The summed E-state index contributed by atoms with van der Waals surface area (Å²) in [6, 6.07) is 0. The fourth-order valence-electron chi connectivity index (χ4n) is 3.28. The first-order chi connectivity index (χ1) is 10.7. The maximum Gasteiger partial charge on any atom is 0.146 e. The monoisotopic (exact) mass is 316 g/mol. The Morgan fingerprint density at radius 2 is 1.77 bits per heavy atom. The van der Waals surface area contributed by atoms with E-state index in [4.69, 9.17) is 18.9 Å². The van der Waals surface area contributed by atoms with Gasteiger partial charge in [0.1, 0.15) is 19.9 Å². The lowest BCUT2D eigenvalue weighted by Gasteiger charge is -2.34. The molecule has 0 aromatic carbocycles. The third-order valence-electron chi connectivity index (χ3n) is 4.48. The Morgan fingerprint density at radius 1 is 1.09 bits per heavy atom. The Morgan fingerprint density at radius 3 is 2.36 bits per heavy atom. The van der Waals surface area contributed by atoms with Gasteiger partial charge in [0, 0.05) is 20.6 Å². The summed E-state index contributed by atoms with van der Waals surface area (Å²) in [5.41, 5.74) is 0. The van der Waals surface area contributed by atoms with E-state index in [1.54, 1.807) is 14.2 Å². The van der Waals surface area contributed by atoms with Crippen LogP contribution < -0.4 is 0 Å². The molecule has 0 aromatic rings. The molecule has 0 heterocycles. The Labute approximate surface area is 134 Å². The van der Waals surface area contributed by atoms with Gasteiger partial charge in [-0.15, -0.1) is 0 Å². The molecule has 1 aliphatic rings. The van der Waals surface area contributed by atoms with Crippen molar-refractivity contribution in [1.29, 1.82) is 0 Å². The second kappa shape index (κ2) is 12.0. The van der Waals surface area contributed by atoms with Gasteiger partial charge in [-0.05, 0) is 49.9 Å². The summed E-state index contributed by atoms with van der Waals surface area (Å²) in [5.74, 6) is 1.55. The zero-order chi connectivity index (χ0) is 16.2. The van der Waals surface area contributed by atoms with E-state index in [0.717, 1.165) is 38.4 Å². The third kappa shape index (κ3) is 7.68. The van der Waals surface area contributed by atoms with Gasteiger partial charge in [0.25, 0.3) is 0 Å². The first-order valence-electron chi connectivity index (χ1n) is 8.32. The molecule has 0 aliphatic heterocycles. The highest BCUT2D eigenvalue weighted by molar-refractivity contribution is 5.49. The SMILES string of the molecule is COCOCC(C)CC(OCOC)C1CCC(CC=O)CC1. The largest absolute Gasteiger partial charge is 0.359 e. The van der Waals surface area contributed by atoms with Crippen LogP contribution in [-0.2, 0) is 23.7 Å². The van der Waals surface area contributed by atoms with Crippen LogP contribution in [0, 0.1) is 17.8 Å². The fraction of sp³-hybridized carbons (Fsp3) is 0.941. The predicted molar refractivity (Wildman–Crippen MR) is 84.5 cm³/mol. The van der Waals surface area contributed by atoms with Crippen LogP contribution >= 0.6 is 0 Å². The summed E-state index contributed by atoms with van der Waals surface area (Å²) >= 11 is 0. The Bertz CT molecular complexity index is 276. The van der Waals surface area contributed by atoms with E-state index in [-0.39, 0.29) is 6.10 Å². The Hall–Kier alpha value is -0.490. The van der Waals surface area contributed by atoms with Gasteiger partial charge in [0.05, 0.1) is 12.7 Å². The van der Waals surface area contributed by atoms with Crippen molar-refractivity contribution in [1.82, 2.24) is 0 Å². The standard InChI is InChI=1S/C17H32O5/c1-14(11-21-12-19-2)10-17(22-13-20-3)16-6-4-15(5-7-16)8-9-18/h9,14-17H,4-8,10-13H2,1-3H3. The molecule has 0 amide bonds. The van der Waals surface area contributed by atoms with Crippen molar-refractivity contribution in [3.8, 4) is 0 Å². The molecule has 1 aliphatic carbocycles. The molecule has 0 N–H and O–H groups in total. The molecule has 5 nitrogen and oxygen atoms in total. The lowest BCUT2D eigenvalue weighted by atomic mass is 9.77. The molecule has 2 atom stereocenters. The predicted octanol–water partition coefficient (Wildman–Crippen LogP) is 3.02. The van der Waals surface area contributed by atoms with E-state index in [1.807, 2.05) is 0 Å². The second-order valence-electron chi connectivity index (χ2n) is 6.41. The number of carbonyl (C=O) groups excluding carboxylic acids is 1. The van der Waals surface area contributed by atoms with Crippen molar-refractivity contribution in [3.63, 3.8) is 0 Å². The molecule has 1 fully saturated rings. The normalized spacial score (nSPS) is 24.9. The number of hydrogen-bond donors (Lipinski definition) is 0. The summed E-state index contributed by atoms with van der Waals surface area (Å²) in [5, 5.41) is 0. The molecule has 130 valence electrons. The average Bonchev–Trinajstić information content (AvgIpc) is 2.53. The second-order valence-corrected chi connectivity index (χ2v) is 6.41. The minimum absolute atomic E-state index is 0.207. The summed E-state index contributed by atoms with van der Waals surface area (Å²) in [6.07, 6.45) is 7.47. The van der Waals surface area contributed by atoms with Crippen molar-refractivity contribution in [2.45, 2.75) is 51.6 Å². The van der Waals surface area contributed by atoms with E-state index >= 15 is 0 Å². The van der Waals surface area contributed by atoms with Crippen LogP contribution in [0.2, 0.25) is 0 Å². The van der Waals surface area contributed by atoms with E-state index in [0.29, 0.717) is 44.4 Å². The summed E-state index contributed by atoms with van der Waals surface area (Å²) in [6.45, 7) is 3.54. The van der Waals surface area contributed by atoms with Gasteiger partial charge in [-0.25, -0.2) is 0 Å². The minimum atomic E-state index is 0.207. The number of rotatable bonds is 12. The number of carbonyl (C=O) groups is 1. The molecule has 0 bridgehead atoms. The molecule has 0 saturated heterocycles. The van der Waals surface area contributed by atoms with Gasteiger partial charge in [0.2, 0.25) is 0 Å². The van der Waals surface area contributed by atoms with Crippen LogP contribution in [0.1, 0.15) is 45.4 Å². The number of ether oxygens (including phenoxy) is 4. The Kier molecular flexibility index (Phi) is 10.7. The molecule has 5 heteroatoms. The van der Waals surface area contributed by atoms with Crippen LogP contribution in [-0.4, -0.2) is 46.8 Å². The van der Waals surface area contributed by atoms with Crippen LogP contribution in [0.3, 0.4) is 0 Å². The lowest BCUT2D eigenvalue weighted by molar-refractivity contribution is -0.113. The molecule has 1 rings (SSSR count). The van der Waals surface area contributed by atoms with E-state index < -0.39 is 0 Å². The lowest BCUT2D eigenvalue weighted by Crippen LogP contribution is -2.31. The molecule has 22 heavy (non-hydrogen) atoms. The highest BCUT2D eigenvalue weighted by Gasteiger charge is 2.29. The van der Waals surface area contributed by atoms with Crippen molar-refractivity contribution in [2.75, 3.05) is 34.4 Å². The highest BCUT2D eigenvalue weighted by Crippen LogP contribution is 2.35. The number of methoxy groups -OCH3 is 2. The number of aldehydes is 1. The maximum absolute atomic E-state index is 10.6. The number of hydrogen-bond acceptors (Lipinski definition) is 5. The molecule has 2 unspecified atom stereocenters. The maximum atomic E-state index is 10.6. The summed E-state index contributed by atoms with van der Waals surface area (Å²) < 4.78 is 21.4. The fourth-order valence-corrected chi connectivity index (χ4v) is 3.28. The first kappa shape index (κ1) is 19.6. The van der Waals surface area contributed by atoms with Crippen LogP contribution in [0.15, 0.2) is 0 Å². The molecule has 0 aromatic heterocycles. The topological polar surface area (TPSA) is 54.0 Å². The van der Waals surface area contributed by atoms with Crippen molar-refractivity contribution in [2.24, 2.45) is 17.8 Å². The van der Waals surface area contributed by atoms with Crippen LogP contribution in [0.4, 0.5) is 0 Å². The zero-order valence-electron chi connectivity index (χ0n) is 14.3. The Balaban J connectivity index is 2.41. The van der Waals surface area contributed by atoms with Crippen LogP contribution in [0.5, 0.6) is 0 Å². The highest BCUT2D eigenvalue weighted by atomic mass is 16.7. The summed E-state index contributed by atoms with van der Waals surface area (Å²) in [4.78, 5) is 10.6. The average molecular weight is 316 g/mol. The van der Waals surface area contributed by atoms with Crippen molar-refractivity contribution in [3.05, 3.63) is 0 Å². The molecule has 0 spiro atoms. The van der Waals surface area contributed by atoms with Crippen LogP contribution in [0.25, 0.3) is 0 Å². The quantitative estimate of drug-likeness (QED) is 0.315. The van der Waals surface area contributed by atoms with Crippen molar-refractivity contribution >= 4 is 6.29 Å². The van der Waals surface area contributed by atoms with Gasteiger partial charge >= 0.3 is 0 Å². The molecular formula is C17H32O5. The summed E-state index contributed by atoms with van der Waals surface area (Å²) in [7, 11) is 3.29. The molecular weight excluding hydrogens is 284 g/mol. The van der Waals surface area contributed by atoms with E-state index in [1.165, 1.54) is 0 Å². The van der Waals surface area contributed by atoms with Gasteiger partial charge in [-0.3, -0.25) is 0 Å².